The van der Waals surface area contributed by atoms with Crippen molar-refractivity contribution in [3.8, 4) is 0 Å². The fraction of sp³-hybridized carbons (Fsp3) is 0.583. The molecule has 1 aromatic heterocycles. The van der Waals surface area contributed by atoms with Crippen LogP contribution in [0.1, 0.15) is 31.7 Å². The number of primary amides is 1. The average Bonchev–Trinajstić information content (AvgIpc) is 2.87. The molecular weight excluding hydrogens is 244 g/mol. The first-order valence-electron chi connectivity index (χ1n) is 6.40. The zero-order chi connectivity index (χ0) is 14.0. The van der Waals surface area contributed by atoms with E-state index in [9.17, 15) is 4.79 Å². The number of hydrogen-bond donors (Lipinski definition) is 3. The molecule has 2 rings (SSSR count). The third kappa shape index (κ3) is 2.60. The fourth-order valence-electron chi connectivity index (χ4n) is 2.47. The molecule has 1 unspecified atom stereocenters. The van der Waals surface area contributed by atoms with Gasteiger partial charge in [0.25, 0.3) is 0 Å². The van der Waals surface area contributed by atoms with Gasteiger partial charge in [0.05, 0.1) is 5.92 Å². The summed E-state index contributed by atoms with van der Waals surface area (Å²) in [6.07, 6.45) is 2.25. The van der Waals surface area contributed by atoms with Crippen LogP contribution in [0.2, 0.25) is 0 Å². The lowest BCUT2D eigenvalue weighted by atomic mass is 10.0. The molecule has 104 valence electrons. The van der Waals surface area contributed by atoms with E-state index in [1.807, 2.05) is 0 Å². The van der Waals surface area contributed by atoms with Crippen molar-refractivity contribution in [2.24, 2.45) is 17.5 Å². The summed E-state index contributed by atoms with van der Waals surface area (Å²) in [7, 11) is 0. The van der Waals surface area contributed by atoms with Crippen LogP contribution in [-0.4, -0.2) is 29.0 Å². The fourth-order valence-corrected chi connectivity index (χ4v) is 2.47. The van der Waals surface area contributed by atoms with E-state index in [2.05, 4.69) is 34.1 Å². The number of carbonyl (C=O) groups excluding carboxylic acids is 1. The van der Waals surface area contributed by atoms with Crippen LogP contribution in [0.4, 0.5) is 11.6 Å². The molecule has 7 nitrogen and oxygen atoms in total. The number of nitrogen functional groups attached to an aromatic ring is 1. The van der Waals surface area contributed by atoms with Gasteiger partial charge in [-0.25, -0.2) is 15.8 Å². The standard InChI is InChI=1S/C12H20N6O/c1-7(2)9-11(17-14)15-6-16-12(9)18-4-3-8(5-18)10(13)19/h6-8H,3-5,14H2,1-2H3,(H2,13,19)(H,15,16,17). The van der Waals surface area contributed by atoms with Crippen LogP contribution in [0.3, 0.4) is 0 Å². The number of carbonyl (C=O) groups is 1. The number of aromatic nitrogens is 2. The van der Waals surface area contributed by atoms with Gasteiger partial charge in [0.15, 0.2) is 0 Å². The second-order valence-corrected chi connectivity index (χ2v) is 5.09. The lowest BCUT2D eigenvalue weighted by Crippen LogP contribution is -2.29. The van der Waals surface area contributed by atoms with Gasteiger partial charge < -0.3 is 16.1 Å². The summed E-state index contributed by atoms with van der Waals surface area (Å²) in [6.45, 7) is 5.50. The van der Waals surface area contributed by atoms with Crippen molar-refractivity contribution < 1.29 is 4.79 Å². The van der Waals surface area contributed by atoms with Gasteiger partial charge in [-0.15, -0.1) is 0 Å². The highest BCUT2D eigenvalue weighted by atomic mass is 16.1. The number of anilines is 2. The minimum absolute atomic E-state index is 0.107. The zero-order valence-electron chi connectivity index (χ0n) is 11.3. The quantitative estimate of drug-likeness (QED) is 0.529. The summed E-state index contributed by atoms with van der Waals surface area (Å²) in [5.41, 5.74) is 8.93. The minimum Gasteiger partial charge on any atom is -0.369 e. The molecule has 1 saturated heterocycles. The first-order chi connectivity index (χ1) is 9.04. The average molecular weight is 264 g/mol. The highest BCUT2D eigenvalue weighted by molar-refractivity contribution is 5.78. The van der Waals surface area contributed by atoms with Crippen molar-refractivity contribution in [1.82, 2.24) is 9.97 Å². The number of hydrogen-bond acceptors (Lipinski definition) is 6. The molecule has 19 heavy (non-hydrogen) atoms. The van der Waals surface area contributed by atoms with Crippen LogP contribution < -0.4 is 21.9 Å². The van der Waals surface area contributed by atoms with Crippen molar-refractivity contribution in [3.63, 3.8) is 0 Å². The molecule has 0 saturated carbocycles. The van der Waals surface area contributed by atoms with Gasteiger partial charge in [-0.3, -0.25) is 4.79 Å². The van der Waals surface area contributed by atoms with Crippen LogP contribution in [0, 0.1) is 5.92 Å². The Morgan fingerprint density at radius 2 is 2.26 bits per heavy atom. The molecule has 2 heterocycles. The highest BCUT2D eigenvalue weighted by Crippen LogP contribution is 2.33. The van der Waals surface area contributed by atoms with Gasteiger partial charge in [-0.05, 0) is 12.3 Å². The third-order valence-corrected chi connectivity index (χ3v) is 3.47. The maximum absolute atomic E-state index is 11.3. The summed E-state index contributed by atoms with van der Waals surface area (Å²) >= 11 is 0. The summed E-state index contributed by atoms with van der Waals surface area (Å²) < 4.78 is 0. The van der Waals surface area contributed by atoms with Crippen LogP contribution in [-0.2, 0) is 4.79 Å². The molecule has 7 heteroatoms. The smallest absolute Gasteiger partial charge is 0.222 e. The molecule has 1 aliphatic heterocycles. The Balaban J connectivity index is 2.33. The van der Waals surface area contributed by atoms with Crippen molar-refractivity contribution >= 4 is 17.5 Å². The largest absolute Gasteiger partial charge is 0.369 e. The van der Waals surface area contributed by atoms with Crippen molar-refractivity contribution in [3.05, 3.63) is 11.9 Å². The summed E-state index contributed by atoms with van der Waals surface area (Å²) in [5, 5.41) is 0. The van der Waals surface area contributed by atoms with Gasteiger partial charge in [-0.1, -0.05) is 13.8 Å². The first kappa shape index (κ1) is 13.5. The molecule has 0 bridgehead atoms. The Hall–Kier alpha value is -1.89. The summed E-state index contributed by atoms with van der Waals surface area (Å²) in [6, 6.07) is 0. The van der Waals surface area contributed by atoms with Crippen molar-refractivity contribution in [2.45, 2.75) is 26.2 Å². The van der Waals surface area contributed by atoms with Crippen LogP contribution in [0.5, 0.6) is 0 Å². The van der Waals surface area contributed by atoms with E-state index in [1.54, 1.807) is 0 Å². The number of nitrogens with two attached hydrogens (primary N) is 2. The predicted molar refractivity (Wildman–Crippen MR) is 73.4 cm³/mol. The van der Waals surface area contributed by atoms with Gasteiger partial charge in [0, 0.05) is 18.7 Å². The van der Waals surface area contributed by atoms with Gasteiger partial charge >= 0.3 is 0 Å². The van der Waals surface area contributed by atoms with Gasteiger partial charge in [-0.2, -0.15) is 0 Å². The molecule has 0 aromatic carbocycles. The molecular formula is C12H20N6O. The molecule has 1 aliphatic rings. The number of amides is 1. The Labute approximate surface area is 112 Å². The number of nitrogens with one attached hydrogen (secondary N) is 1. The topological polar surface area (TPSA) is 110 Å². The molecule has 0 aliphatic carbocycles. The highest BCUT2D eigenvalue weighted by Gasteiger charge is 2.30. The molecule has 1 amide bonds. The van der Waals surface area contributed by atoms with Crippen molar-refractivity contribution in [1.29, 1.82) is 0 Å². The molecule has 5 N–H and O–H groups in total. The Bertz CT molecular complexity index is 475. The van der Waals surface area contributed by atoms with E-state index >= 15 is 0 Å². The maximum Gasteiger partial charge on any atom is 0.222 e. The molecule has 1 aromatic rings. The second kappa shape index (κ2) is 5.40. The van der Waals surface area contributed by atoms with E-state index in [4.69, 9.17) is 11.6 Å². The third-order valence-electron chi connectivity index (χ3n) is 3.47. The Morgan fingerprint density at radius 3 is 2.79 bits per heavy atom. The Morgan fingerprint density at radius 1 is 1.53 bits per heavy atom. The van der Waals surface area contributed by atoms with Crippen LogP contribution in [0.15, 0.2) is 6.33 Å². The van der Waals surface area contributed by atoms with Crippen LogP contribution in [0.25, 0.3) is 0 Å². The second-order valence-electron chi connectivity index (χ2n) is 5.09. The number of nitrogens with zero attached hydrogens (tertiary/aromatic N) is 3. The predicted octanol–water partition coefficient (Wildman–Crippen LogP) is 0.197. The summed E-state index contributed by atoms with van der Waals surface area (Å²) in [5.74, 6) is 6.83. The number of hydrazine groups is 1. The van der Waals surface area contributed by atoms with E-state index in [0.29, 0.717) is 12.4 Å². The maximum atomic E-state index is 11.3. The lowest BCUT2D eigenvalue weighted by molar-refractivity contribution is -0.121. The van der Waals surface area contributed by atoms with Crippen molar-refractivity contribution in [2.75, 3.05) is 23.4 Å². The van der Waals surface area contributed by atoms with E-state index < -0.39 is 0 Å². The van der Waals surface area contributed by atoms with Crippen LogP contribution >= 0.6 is 0 Å². The molecule has 1 atom stereocenters. The molecule has 1 fully saturated rings. The summed E-state index contributed by atoms with van der Waals surface area (Å²) in [4.78, 5) is 21.8. The van der Waals surface area contributed by atoms with E-state index in [0.717, 1.165) is 24.3 Å². The van der Waals surface area contributed by atoms with E-state index in [1.165, 1.54) is 6.33 Å². The normalized spacial score (nSPS) is 18.9. The van der Waals surface area contributed by atoms with E-state index in [-0.39, 0.29) is 17.7 Å². The monoisotopic (exact) mass is 264 g/mol. The molecule has 0 radical (unpaired) electrons. The Kier molecular flexibility index (Phi) is 3.84. The minimum atomic E-state index is -0.250. The SMILES string of the molecule is CC(C)c1c(NN)ncnc1N1CCC(C(N)=O)C1. The molecule has 0 spiro atoms. The number of rotatable bonds is 4. The zero-order valence-corrected chi connectivity index (χ0v) is 11.3. The van der Waals surface area contributed by atoms with Gasteiger partial charge in [0.2, 0.25) is 5.91 Å². The van der Waals surface area contributed by atoms with Gasteiger partial charge in [0.1, 0.15) is 18.0 Å². The first-order valence-corrected chi connectivity index (χ1v) is 6.40. The lowest BCUT2D eigenvalue weighted by Gasteiger charge is -2.23.